The number of hydrogen-bond donors (Lipinski definition) is 3. The van der Waals surface area contributed by atoms with E-state index >= 15 is 0 Å². The van der Waals surface area contributed by atoms with Crippen LogP contribution in [0.1, 0.15) is 20.3 Å². The van der Waals surface area contributed by atoms with E-state index in [1.54, 1.807) is 6.07 Å². The highest BCUT2D eigenvalue weighted by Gasteiger charge is 2.10. The molecule has 0 aliphatic carbocycles. The fourth-order valence-electron chi connectivity index (χ4n) is 1.38. The van der Waals surface area contributed by atoms with Crippen molar-refractivity contribution in [1.29, 1.82) is 0 Å². The second kappa shape index (κ2) is 8.07. The lowest BCUT2D eigenvalue weighted by atomic mass is 10.4. The highest BCUT2D eigenvalue weighted by atomic mass is 35.5. The average molecular weight is 305 g/mol. The minimum Gasteiger partial charge on any atom is -0.369 e. The van der Waals surface area contributed by atoms with Crippen molar-refractivity contribution in [3.8, 4) is 0 Å². The van der Waals surface area contributed by atoms with Crippen molar-refractivity contribution >= 4 is 40.7 Å². The molecule has 1 aromatic rings. The van der Waals surface area contributed by atoms with Gasteiger partial charge in [-0.05, 0) is 19.4 Å². The first-order valence-electron chi connectivity index (χ1n) is 6.19. The molecule has 0 aromatic carbocycles. The monoisotopic (exact) mass is 304 g/mol. The second-order valence-electron chi connectivity index (χ2n) is 3.88. The molecule has 0 radical (unpaired) electrons. The summed E-state index contributed by atoms with van der Waals surface area (Å²) in [7, 11) is 0. The predicted octanol–water partition coefficient (Wildman–Crippen LogP) is 2.76. The van der Waals surface area contributed by atoms with Crippen LogP contribution < -0.4 is 16.0 Å². The largest absolute Gasteiger partial charge is 0.369 e. The fourth-order valence-corrected chi connectivity index (χ4v) is 1.87. The number of rotatable bonds is 7. The minimum absolute atomic E-state index is 0.113. The molecule has 0 unspecified atom stereocenters. The van der Waals surface area contributed by atoms with Gasteiger partial charge in [0.2, 0.25) is 5.91 Å². The number of likely N-dealkylation sites (N-methyl/N-ethyl adjacent to an activating group) is 1. The van der Waals surface area contributed by atoms with Gasteiger partial charge in [-0.3, -0.25) is 4.79 Å². The molecule has 1 aromatic heterocycles. The molecule has 0 bridgehead atoms. The highest BCUT2D eigenvalue weighted by Crippen LogP contribution is 2.28. The van der Waals surface area contributed by atoms with Gasteiger partial charge in [-0.2, -0.15) is 0 Å². The van der Waals surface area contributed by atoms with E-state index in [0.717, 1.165) is 13.0 Å². The van der Waals surface area contributed by atoms with Gasteiger partial charge in [0.05, 0.1) is 16.6 Å². The van der Waals surface area contributed by atoms with E-state index in [9.17, 15) is 4.79 Å². The smallest absolute Gasteiger partial charge is 0.239 e. The Labute approximate surface area is 123 Å². The number of aromatic nitrogens is 1. The molecule has 19 heavy (non-hydrogen) atoms. The zero-order chi connectivity index (χ0) is 14.3. The molecule has 1 amide bonds. The summed E-state index contributed by atoms with van der Waals surface area (Å²) >= 11 is 12.1. The number of anilines is 2. The van der Waals surface area contributed by atoms with Crippen molar-refractivity contribution in [2.24, 2.45) is 0 Å². The van der Waals surface area contributed by atoms with Crippen molar-refractivity contribution in [3.63, 3.8) is 0 Å². The van der Waals surface area contributed by atoms with Crippen LogP contribution in [0.3, 0.4) is 0 Å². The standard InChI is InChI=1S/C12H18Cl2N4O/c1-3-5-16-11-8(13)6-9(14)12(18-11)17-7-10(19)15-4-2/h6H,3-5,7H2,1-2H3,(H,15,19)(H2,16,17,18). The maximum absolute atomic E-state index is 11.4. The summed E-state index contributed by atoms with van der Waals surface area (Å²) in [6.07, 6.45) is 0.961. The second-order valence-corrected chi connectivity index (χ2v) is 4.70. The molecule has 0 aliphatic heterocycles. The minimum atomic E-state index is -0.113. The molecule has 0 spiro atoms. The molecule has 1 heterocycles. The van der Waals surface area contributed by atoms with E-state index in [1.807, 2.05) is 13.8 Å². The first-order valence-corrected chi connectivity index (χ1v) is 6.94. The quantitative estimate of drug-likeness (QED) is 0.725. The number of pyridine rings is 1. The zero-order valence-electron chi connectivity index (χ0n) is 11.0. The lowest BCUT2D eigenvalue weighted by Crippen LogP contribution is -2.29. The molecule has 0 aliphatic rings. The molecule has 5 nitrogen and oxygen atoms in total. The molecular formula is C12H18Cl2N4O. The number of nitrogens with zero attached hydrogens (tertiary/aromatic N) is 1. The molecule has 0 saturated heterocycles. The lowest BCUT2D eigenvalue weighted by molar-refractivity contribution is -0.119. The number of amides is 1. The van der Waals surface area contributed by atoms with Crippen LogP contribution in [0.15, 0.2) is 6.07 Å². The van der Waals surface area contributed by atoms with Gasteiger partial charge in [0, 0.05) is 13.1 Å². The van der Waals surface area contributed by atoms with Gasteiger partial charge < -0.3 is 16.0 Å². The number of carbonyl (C=O) groups excluding carboxylic acids is 1. The molecular weight excluding hydrogens is 287 g/mol. The van der Waals surface area contributed by atoms with E-state index in [-0.39, 0.29) is 12.5 Å². The van der Waals surface area contributed by atoms with Gasteiger partial charge in [0.15, 0.2) is 0 Å². The molecule has 0 fully saturated rings. The summed E-state index contributed by atoms with van der Waals surface area (Å²) in [6.45, 7) is 5.38. The molecule has 1 rings (SSSR count). The molecule has 0 atom stereocenters. The maximum Gasteiger partial charge on any atom is 0.239 e. The third-order valence-corrected chi connectivity index (χ3v) is 2.84. The van der Waals surface area contributed by atoms with Crippen molar-refractivity contribution in [2.45, 2.75) is 20.3 Å². The summed E-state index contributed by atoms with van der Waals surface area (Å²) in [5, 5.41) is 9.52. The number of nitrogens with one attached hydrogen (secondary N) is 3. The Morgan fingerprint density at radius 3 is 2.42 bits per heavy atom. The SMILES string of the molecule is CCCNc1nc(NCC(=O)NCC)c(Cl)cc1Cl. The highest BCUT2D eigenvalue weighted by molar-refractivity contribution is 6.37. The molecule has 0 saturated carbocycles. The van der Waals surface area contributed by atoms with Crippen LogP contribution in [-0.2, 0) is 4.79 Å². The average Bonchev–Trinajstić information content (AvgIpc) is 2.37. The Morgan fingerprint density at radius 2 is 1.84 bits per heavy atom. The van der Waals surface area contributed by atoms with Crippen molar-refractivity contribution in [2.75, 3.05) is 30.3 Å². The van der Waals surface area contributed by atoms with E-state index < -0.39 is 0 Å². The lowest BCUT2D eigenvalue weighted by Gasteiger charge is -2.12. The summed E-state index contributed by atoms with van der Waals surface area (Å²) in [5.41, 5.74) is 0. The number of halogens is 2. The van der Waals surface area contributed by atoms with Crippen molar-refractivity contribution < 1.29 is 4.79 Å². The van der Waals surface area contributed by atoms with Crippen LogP contribution in [0.25, 0.3) is 0 Å². The third-order valence-electron chi connectivity index (χ3n) is 2.26. The zero-order valence-corrected chi connectivity index (χ0v) is 12.5. The summed E-state index contributed by atoms with van der Waals surface area (Å²) < 4.78 is 0. The van der Waals surface area contributed by atoms with E-state index in [1.165, 1.54) is 0 Å². The topological polar surface area (TPSA) is 66.0 Å². The van der Waals surface area contributed by atoms with Crippen molar-refractivity contribution in [3.05, 3.63) is 16.1 Å². The first kappa shape index (κ1) is 15.9. The fraction of sp³-hybridized carbons (Fsp3) is 0.500. The normalized spacial score (nSPS) is 10.1. The van der Waals surface area contributed by atoms with E-state index in [2.05, 4.69) is 20.9 Å². The molecule has 3 N–H and O–H groups in total. The van der Waals surface area contributed by atoms with Crippen LogP contribution in [-0.4, -0.2) is 30.5 Å². The van der Waals surface area contributed by atoms with Crippen LogP contribution >= 0.6 is 23.2 Å². The van der Waals surface area contributed by atoms with Gasteiger partial charge in [0.1, 0.15) is 11.6 Å². The predicted molar refractivity (Wildman–Crippen MR) is 80.2 cm³/mol. The Hall–Kier alpha value is -1.20. The Bertz CT molecular complexity index is 440. The van der Waals surface area contributed by atoms with Gasteiger partial charge in [-0.15, -0.1) is 0 Å². The Kier molecular flexibility index (Phi) is 6.73. The van der Waals surface area contributed by atoms with E-state index in [0.29, 0.717) is 28.2 Å². The Morgan fingerprint density at radius 1 is 1.21 bits per heavy atom. The van der Waals surface area contributed by atoms with Gasteiger partial charge >= 0.3 is 0 Å². The van der Waals surface area contributed by atoms with Crippen LogP contribution in [0.5, 0.6) is 0 Å². The van der Waals surface area contributed by atoms with Gasteiger partial charge in [-0.25, -0.2) is 4.98 Å². The van der Waals surface area contributed by atoms with Crippen LogP contribution in [0.2, 0.25) is 10.0 Å². The summed E-state index contributed by atoms with van der Waals surface area (Å²) in [5.74, 6) is 0.889. The first-order chi connectivity index (χ1) is 9.08. The molecule has 106 valence electrons. The van der Waals surface area contributed by atoms with Crippen LogP contribution in [0, 0.1) is 0 Å². The van der Waals surface area contributed by atoms with Gasteiger partial charge in [0.25, 0.3) is 0 Å². The van der Waals surface area contributed by atoms with Gasteiger partial charge in [-0.1, -0.05) is 30.1 Å². The Balaban J connectivity index is 2.73. The van der Waals surface area contributed by atoms with E-state index in [4.69, 9.17) is 23.2 Å². The van der Waals surface area contributed by atoms with Crippen LogP contribution in [0.4, 0.5) is 11.6 Å². The maximum atomic E-state index is 11.4. The third kappa shape index (κ3) is 5.12. The summed E-state index contributed by atoms with van der Waals surface area (Å²) in [6, 6.07) is 1.61. The molecule has 7 heteroatoms. The number of hydrogen-bond acceptors (Lipinski definition) is 4. The summed E-state index contributed by atoms with van der Waals surface area (Å²) in [4.78, 5) is 15.6. The number of carbonyl (C=O) groups is 1. The van der Waals surface area contributed by atoms with Crippen molar-refractivity contribution in [1.82, 2.24) is 10.3 Å².